The topological polar surface area (TPSA) is 0 Å². The minimum atomic E-state index is 0.345. The average Bonchev–Trinajstić information content (AvgIpc) is 2.38. The van der Waals surface area contributed by atoms with Crippen molar-refractivity contribution in [1.29, 1.82) is 0 Å². The van der Waals surface area contributed by atoms with Gasteiger partial charge in [-0.2, -0.15) is 0 Å². The van der Waals surface area contributed by atoms with Crippen molar-refractivity contribution in [2.75, 3.05) is 18.5 Å². The molecule has 0 saturated heterocycles. The number of allylic oxidation sites excluding steroid dienone is 4. The van der Waals surface area contributed by atoms with Crippen LogP contribution < -0.4 is 0 Å². The van der Waals surface area contributed by atoms with Crippen LogP contribution in [0.1, 0.15) is 65.7 Å². The van der Waals surface area contributed by atoms with Gasteiger partial charge in [0, 0.05) is 0 Å². The second-order valence-electron chi connectivity index (χ2n) is 5.55. The highest BCUT2D eigenvalue weighted by atomic mass is 31.1. The number of unbranched alkanes of at least 4 members (excludes halogenated alkanes) is 1. The summed E-state index contributed by atoms with van der Waals surface area (Å²) >= 11 is 0. The van der Waals surface area contributed by atoms with Crippen LogP contribution in [0.3, 0.4) is 0 Å². The molecule has 0 N–H and O–H groups in total. The van der Waals surface area contributed by atoms with Gasteiger partial charge >= 0.3 is 0 Å². The van der Waals surface area contributed by atoms with Crippen LogP contribution in [0.4, 0.5) is 0 Å². The van der Waals surface area contributed by atoms with Gasteiger partial charge in [0.1, 0.15) is 0 Å². The van der Waals surface area contributed by atoms with Crippen molar-refractivity contribution < 1.29 is 0 Å². The third kappa shape index (κ3) is 6.19. The largest absolute Gasteiger partial charge is 0.107 e. The van der Waals surface area contributed by atoms with Crippen molar-refractivity contribution in [2.24, 2.45) is 0 Å². The highest BCUT2D eigenvalue weighted by Crippen LogP contribution is 2.39. The van der Waals surface area contributed by atoms with Gasteiger partial charge in [0.15, 0.2) is 0 Å². The molecule has 0 bridgehead atoms. The van der Waals surface area contributed by atoms with Crippen molar-refractivity contribution in [3.05, 3.63) is 23.3 Å². The summed E-state index contributed by atoms with van der Waals surface area (Å²) in [6.45, 7) is 6.99. The lowest BCUT2D eigenvalue weighted by molar-refractivity contribution is 0.851. The Morgan fingerprint density at radius 1 is 1.06 bits per heavy atom. The van der Waals surface area contributed by atoms with Gasteiger partial charge in [-0.25, -0.2) is 0 Å². The van der Waals surface area contributed by atoms with E-state index in [0.717, 1.165) is 0 Å². The molecule has 1 rings (SSSR count). The van der Waals surface area contributed by atoms with Gasteiger partial charge in [0.05, 0.1) is 0 Å². The summed E-state index contributed by atoms with van der Waals surface area (Å²) in [5.41, 5.74) is 3.29. The maximum atomic E-state index is 2.38. The molecule has 0 heterocycles. The smallest absolute Gasteiger partial charge is 0.0276 e. The normalized spacial score (nSPS) is 17.3. The van der Waals surface area contributed by atoms with E-state index >= 15 is 0 Å². The van der Waals surface area contributed by atoms with Crippen molar-refractivity contribution in [1.82, 2.24) is 0 Å². The molecule has 0 aromatic rings. The molecule has 1 atom stereocenters. The highest BCUT2D eigenvalue weighted by Gasteiger charge is 2.08. The van der Waals surface area contributed by atoms with Crippen molar-refractivity contribution in [2.45, 2.75) is 65.7 Å². The number of rotatable bonds is 9. The highest BCUT2D eigenvalue weighted by molar-refractivity contribution is 7.57. The van der Waals surface area contributed by atoms with E-state index in [1.165, 1.54) is 63.4 Å². The van der Waals surface area contributed by atoms with E-state index in [2.05, 4.69) is 32.9 Å². The van der Waals surface area contributed by atoms with Gasteiger partial charge in [-0.05, 0) is 63.1 Å². The summed E-state index contributed by atoms with van der Waals surface area (Å²) in [5, 5.41) is 0. The molecule has 0 aromatic heterocycles. The second kappa shape index (κ2) is 9.79. The van der Waals surface area contributed by atoms with Crippen molar-refractivity contribution >= 4 is 7.92 Å². The van der Waals surface area contributed by atoms with Gasteiger partial charge in [-0.3, -0.25) is 0 Å². The number of hydrogen-bond donors (Lipinski definition) is 0. The van der Waals surface area contributed by atoms with Crippen molar-refractivity contribution in [3.8, 4) is 0 Å². The summed E-state index contributed by atoms with van der Waals surface area (Å²) in [6, 6.07) is 0. The SMILES string of the molecule is CCCCP(CCC)CCCC1=C(C)CCC=C1. The van der Waals surface area contributed by atoms with Gasteiger partial charge in [-0.1, -0.05) is 44.4 Å². The van der Waals surface area contributed by atoms with Gasteiger partial charge < -0.3 is 0 Å². The second-order valence-corrected chi connectivity index (χ2v) is 8.23. The van der Waals surface area contributed by atoms with Crippen LogP contribution in [0.5, 0.6) is 0 Å². The Hall–Kier alpha value is -0.0900. The summed E-state index contributed by atoms with van der Waals surface area (Å²) in [5.74, 6) is 0. The van der Waals surface area contributed by atoms with Gasteiger partial charge in [0.25, 0.3) is 0 Å². The van der Waals surface area contributed by atoms with Crippen LogP contribution >= 0.6 is 7.92 Å². The lowest BCUT2D eigenvalue weighted by atomic mass is 9.96. The average molecular weight is 266 g/mol. The van der Waals surface area contributed by atoms with Crippen LogP contribution in [0.15, 0.2) is 23.3 Å². The number of hydrogen-bond acceptors (Lipinski definition) is 0. The van der Waals surface area contributed by atoms with E-state index in [9.17, 15) is 0 Å². The Morgan fingerprint density at radius 2 is 1.83 bits per heavy atom. The summed E-state index contributed by atoms with van der Waals surface area (Å²) in [4.78, 5) is 0. The molecule has 0 amide bonds. The standard InChI is InChI=1S/C17H31P/c1-4-6-14-18(13-5-2)15-9-12-17-11-8-7-10-16(17)3/h8,11H,4-7,9-10,12-15H2,1-3H3. The van der Waals surface area contributed by atoms with Crippen LogP contribution in [-0.4, -0.2) is 18.5 Å². The molecule has 0 fully saturated rings. The fourth-order valence-corrected chi connectivity index (χ4v) is 5.32. The van der Waals surface area contributed by atoms with E-state index in [0.29, 0.717) is 7.92 Å². The molecule has 1 unspecified atom stereocenters. The molecule has 0 spiro atoms. The predicted octanol–water partition coefficient (Wildman–Crippen LogP) is 6.13. The van der Waals surface area contributed by atoms with Crippen LogP contribution in [0.25, 0.3) is 0 Å². The molecule has 1 heteroatoms. The van der Waals surface area contributed by atoms with Gasteiger partial charge in [0.2, 0.25) is 0 Å². The molecule has 0 nitrogen and oxygen atoms in total. The van der Waals surface area contributed by atoms with Crippen LogP contribution in [0, 0.1) is 0 Å². The first kappa shape index (κ1) is 16.0. The molecule has 0 saturated carbocycles. The minimum Gasteiger partial charge on any atom is -0.107 e. The predicted molar refractivity (Wildman–Crippen MR) is 87.0 cm³/mol. The molecular weight excluding hydrogens is 235 g/mol. The minimum absolute atomic E-state index is 0.345. The Balaban J connectivity index is 2.27. The van der Waals surface area contributed by atoms with E-state index in [-0.39, 0.29) is 0 Å². The maximum absolute atomic E-state index is 2.38. The zero-order valence-electron chi connectivity index (χ0n) is 12.7. The molecule has 0 aromatic carbocycles. The Labute approximate surface area is 116 Å². The Kier molecular flexibility index (Phi) is 8.68. The van der Waals surface area contributed by atoms with Crippen molar-refractivity contribution in [3.63, 3.8) is 0 Å². The third-order valence-corrected chi connectivity index (χ3v) is 6.82. The zero-order valence-corrected chi connectivity index (χ0v) is 13.6. The molecular formula is C17H31P. The third-order valence-electron chi connectivity index (χ3n) is 3.84. The maximum Gasteiger partial charge on any atom is -0.0276 e. The lowest BCUT2D eigenvalue weighted by Gasteiger charge is -2.18. The molecule has 1 aliphatic rings. The van der Waals surface area contributed by atoms with E-state index in [1.807, 2.05) is 0 Å². The summed E-state index contributed by atoms with van der Waals surface area (Å²) in [6.07, 6.45) is 18.8. The van der Waals surface area contributed by atoms with Gasteiger partial charge in [-0.15, -0.1) is 7.92 Å². The monoisotopic (exact) mass is 266 g/mol. The summed E-state index contributed by atoms with van der Waals surface area (Å²) in [7, 11) is 0.345. The summed E-state index contributed by atoms with van der Waals surface area (Å²) < 4.78 is 0. The fourth-order valence-electron chi connectivity index (χ4n) is 2.65. The molecule has 1 aliphatic carbocycles. The zero-order chi connectivity index (χ0) is 13.2. The first-order valence-electron chi connectivity index (χ1n) is 7.85. The van der Waals surface area contributed by atoms with E-state index < -0.39 is 0 Å². The quantitative estimate of drug-likeness (QED) is 0.441. The Morgan fingerprint density at radius 3 is 2.50 bits per heavy atom. The molecule has 104 valence electrons. The molecule has 0 aliphatic heterocycles. The van der Waals surface area contributed by atoms with E-state index in [4.69, 9.17) is 0 Å². The molecule has 18 heavy (non-hydrogen) atoms. The first-order chi connectivity index (χ1) is 8.77. The first-order valence-corrected chi connectivity index (χ1v) is 9.75. The van der Waals surface area contributed by atoms with Crippen LogP contribution in [-0.2, 0) is 0 Å². The Bertz CT molecular complexity index is 275. The van der Waals surface area contributed by atoms with E-state index in [1.54, 1.807) is 11.1 Å². The molecule has 0 radical (unpaired) electrons. The lowest BCUT2D eigenvalue weighted by Crippen LogP contribution is -1.97. The fraction of sp³-hybridized carbons (Fsp3) is 0.765. The van der Waals surface area contributed by atoms with Crippen LogP contribution in [0.2, 0.25) is 0 Å².